The van der Waals surface area contributed by atoms with Crippen LogP contribution in [0.2, 0.25) is 0 Å². The van der Waals surface area contributed by atoms with Crippen LogP contribution in [0.15, 0.2) is 54.7 Å². The molecule has 0 saturated carbocycles. The first-order valence-electron chi connectivity index (χ1n) is 8.19. The molecule has 0 fully saturated rings. The van der Waals surface area contributed by atoms with Crippen LogP contribution in [0, 0.1) is 6.92 Å². The van der Waals surface area contributed by atoms with Gasteiger partial charge in [0.25, 0.3) is 5.82 Å². The van der Waals surface area contributed by atoms with Gasteiger partial charge in [-0.05, 0) is 31.2 Å². The predicted octanol–water partition coefficient (Wildman–Crippen LogP) is 0.283. The number of benzene rings is 2. The van der Waals surface area contributed by atoms with Gasteiger partial charge < -0.3 is 26.5 Å². The Labute approximate surface area is 158 Å². The van der Waals surface area contributed by atoms with Crippen LogP contribution >= 0.6 is 0 Å². The Kier molecular flexibility index (Phi) is 5.25. The molecule has 25 heavy (non-hydrogen) atoms. The number of fused-ring (bicyclic) bond motifs is 1. The number of halogens is 1. The van der Waals surface area contributed by atoms with Gasteiger partial charge in [0.1, 0.15) is 30.8 Å². The number of aromatic nitrogens is 2. The molecule has 2 heterocycles. The number of hydrogen-bond acceptors (Lipinski definition) is 2. The fourth-order valence-corrected chi connectivity index (χ4v) is 3.16. The summed E-state index contributed by atoms with van der Waals surface area (Å²) in [5.41, 5.74) is 4.77. The van der Waals surface area contributed by atoms with E-state index in [1.807, 2.05) is 12.1 Å². The van der Waals surface area contributed by atoms with E-state index in [2.05, 4.69) is 58.7 Å². The molecule has 5 heteroatoms. The SMILES string of the molecule is COc1ccc(-n2c(-c3ccc(C)cc3)c[n+]3c2COCC3)cc1.[Br-]. The lowest BCUT2D eigenvalue weighted by atomic mass is 10.1. The maximum Gasteiger partial charge on any atom is 0.288 e. The van der Waals surface area contributed by atoms with Crippen molar-refractivity contribution in [3.05, 3.63) is 66.1 Å². The van der Waals surface area contributed by atoms with Gasteiger partial charge in [-0.25, -0.2) is 4.57 Å². The highest BCUT2D eigenvalue weighted by Gasteiger charge is 2.28. The number of nitrogens with zero attached hydrogens (tertiary/aromatic N) is 2. The third kappa shape index (κ3) is 3.34. The average molecular weight is 401 g/mol. The van der Waals surface area contributed by atoms with E-state index in [1.54, 1.807) is 7.11 Å². The molecule has 0 aliphatic carbocycles. The summed E-state index contributed by atoms with van der Waals surface area (Å²) in [5, 5.41) is 0. The third-order valence-corrected chi connectivity index (χ3v) is 4.49. The zero-order valence-electron chi connectivity index (χ0n) is 14.4. The van der Waals surface area contributed by atoms with Crippen molar-refractivity contribution in [2.45, 2.75) is 20.1 Å². The average Bonchev–Trinajstić information content (AvgIpc) is 3.02. The van der Waals surface area contributed by atoms with E-state index in [0.29, 0.717) is 6.61 Å². The molecule has 0 radical (unpaired) electrons. The minimum atomic E-state index is 0. The summed E-state index contributed by atoms with van der Waals surface area (Å²) in [5.74, 6) is 2.03. The van der Waals surface area contributed by atoms with Crippen LogP contribution < -0.4 is 26.3 Å². The lowest BCUT2D eigenvalue weighted by molar-refractivity contribution is -0.716. The van der Waals surface area contributed by atoms with Gasteiger partial charge in [-0.15, -0.1) is 0 Å². The molecule has 4 rings (SSSR count). The molecule has 3 aromatic rings. The summed E-state index contributed by atoms with van der Waals surface area (Å²) in [7, 11) is 1.69. The number of ether oxygens (including phenoxy) is 2. The summed E-state index contributed by atoms with van der Waals surface area (Å²) in [6.45, 7) is 4.38. The van der Waals surface area contributed by atoms with Gasteiger partial charge in [0, 0.05) is 5.56 Å². The number of aryl methyl sites for hydroxylation is 1. The zero-order chi connectivity index (χ0) is 16.5. The Morgan fingerprint density at radius 3 is 2.44 bits per heavy atom. The highest BCUT2D eigenvalue weighted by molar-refractivity contribution is 5.62. The molecule has 0 spiro atoms. The van der Waals surface area contributed by atoms with Crippen molar-refractivity contribution >= 4 is 0 Å². The van der Waals surface area contributed by atoms with Crippen LogP contribution in [0.3, 0.4) is 0 Å². The van der Waals surface area contributed by atoms with Crippen molar-refractivity contribution < 1.29 is 31.0 Å². The van der Waals surface area contributed by atoms with Crippen LogP contribution in [0.4, 0.5) is 0 Å². The number of methoxy groups -OCH3 is 1. The Hall–Kier alpha value is -2.11. The van der Waals surface area contributed by atoms with Gasteiger partial charge in [0.15, 0.2) is 5.69 Å². The van der Waals surface area contributed by atoms with E-state index in [9.17, 15) is 0 Å². The second-order valence-corrected chi connectivity index (χ2v) is 6.08. The molecular weight excluding hydrogens is 380 g/mol. The quantitative estimate of drug-likeness (QED) is 0.590. The van der Waals surface area contributed by atoms with Crippen molar-refractivity contribution in [2.24, 2.45) is 0 Å². The topological polar surface area (TPSA) is 27.3 Å². The Bertz CT molecular complexity index is 855. The van der Waals surface area contributed by atoms with E-state index >= 15 is 0 Å². The molecule has 0 N–H and O–H groups in total. The van der Waals surface area contributed by atoms with E-state index in [0.717, 1.165) is 24.6 Å². The smallest absolute Gasteiger partial charge is 0.288 e. The first-order valence-corrected chi connectivity index (χ1v) is 8.19. The minimum Gasteiger partial charge on any atom is -1.00 e. The summed E-state index contributed by atoms with van der Waals surface area (Å²) in [4.78, 5) is 0. The van der Waals surface area contributed by atoms with Gasteiger partial charge in [-0.2, -0.15) is 4.57 Å². The van der Waals surface area contributed by atoms with E-state index in [4.69, 9.17) is 9.47 Å². The summed E-state index contributed by atoms with van der Waals surface area (Å²) in [6.07, 6.45) is 2.23. The van der Waals surface area contributed by atoms with Crippen LogP contribution in [-0.4, -0.2) is 18.3 Å². The first kappa shape index (κ1) is 17.7. The summed E-state index contributed by atoms with van der Waals surface area (Å²) < 4.78 is 15.6. The van der Waals surface area contributed by atoms with E-state index in [1.165, 1.54) is 22.6 Å². The largest absolute Gasteiger partial charge is 1.00 e. The van der Waals surface area contributed by atoms with Crippen LogP contribution in [0.25, 0.3) is 16.9 Å². The molecule has 130 valence electrons. The second-order valence-electron chi connectivity index (χ2n) is 6.08. The van der Waals surface area contributed by atoms with Gasteiger partial charge in [-0.3, -0.25) is 0 Å². The molecule has 1 aromatic heterocycles. The zero-order valence-corrected chi connectivity index (χ0v) is 16.0. The molecule has 2 aromatic carbocycles. The fourth-order valence-electron chi connectivity index (χ4n) is 3.16. The van der Waals surface area contributed by atoms with Crippen molar-refractivity contribution in [3.63, 3.8) is 0 Å². The number of rotatable bonds is 3. The third-order valence-electron chi connectivity index (χ3n) is 4.49. The fraction of sp³-hybridized carbons (Fsp3) is 0.250. The molecule has 1 aliphatic rings. The van der Waals surface area contributed by atoms with Gasteiger partial charge in [0.05, 0.1) is 13.7 Å². The van der Waals surface area contributed by atoms with Crippen LogP contribution in [-0.2, 0) is 17.9 Å². The molecule has 0 amide bonds. The minimum absolute atomic E-state index is 0. The van der Waals surface area contributed by atoms with Gasteiger partial charge in [-0.1, -0.05) is 29.8 Å². The molecule has 0 atom stereocenters. The molecule has 0 bridgehead atoms. The van der Waals surface area contributed by atoms with Crippen molar-refractivity contribution in [2.75, 3.05) is 13.7 Å². The maximum atomic E-state index is 5.70. The van der Waals surface area contributed by atoms with Gasteiger partial charge >= 0.3 is 0 Å². The maximum absolute atomic E-state index is 5.70. The monoisotopic (exact) mass is 400 g/mol. The van der Waals surface area contributed by atoms with Gasteiger partial charge in [0.2, 0.25) is 0 Å². The summed E-state index contributed by atoms with van der Waals surface area (Å²) >= 11 is 0. The first-order chi connectivity index (χ1) is 11.8. The normalized spacial score (nSPS) is 13.0. The highest BCUT2D eigenvalue weighted by atomic mass is 79.9. The van der Waals surface area contributed by atoms with Crippen molar-refractivity contribution in [1.29, 1.82) is 0 Å². The lowest BCUT2D eigenvalue weighted by Gasteiger charge is -2.11. The van der Waals surface area contributed by atoms with Crippen LogP contribution in [0.1, 0.15) is 11.4 Å². The molecular formula is C20H21BrN2O2. The van der Waals surface area contributed by atoms with Crippen molar-refractivity contribution in [1.82, 2.24) is 4.57 Å². The van der Waals surface area contributed by atoms with Crippen molar-refractivity contribution in [3.8, 4) is 22.7 Å². The number of imidazole rings is 1. The van der Waals surface area contributed by atoms with Crippen LogP contribution in [0.5, 0.6) is 5.75 Å². The summed E-state index contributed by atoms with van der Waals surface area (Å²) in [6, 6.07) is 16.8. The Morgan fingerprint density at radius 1 is 1.04 bits per heavy atom. The molecule has 1 aliphatic heterocycles. The molecule has 0 unspecified atom stereocenters. The Morgan fingerprint density at radius 2 is 1.76 bits per heavy atom. The van der Waals surface area contributed by atoms with E-state index in [-0.39, 0.29) is 17.0 Å². The lowest BCUT2D eigenvalue weighted by Crippen LogP contribution is -3.00. The molecule has 4 nitrogen and oxygen atoms in total. The standard InChI is InChI=1S/C20H21N2O2.BrH/c1-15-3-5-16(6-4-15)19-13-21-11-12-24-14-20(21)22(19)17-7-9-18(23-2)10-8-17;/h3-10,13H,11-12,14H2,1-2H3;1H/q+1;/p-1. The van der Waals surface area contributed by atoms with E-state index < -0.39 is 0 Å². The highest BCUT2D eigenvalue weighted by Crippen LogP contribution is 2.27. The second kappa shape index (κ2) is 7.42. The molecule has 0 saturated heterocycles. The Balaban J connectivity index is 0.00000182. The number of hydrogen-bond donors (Lipinski definition) is 0. The predicted molar refractivity (Wildman–Crippen MR) is 92.3 cm³/mol.